The zero-order valence-electron chi connectivity index (χ0n) is 18.4. The highest BCUT2D eigenvalue weighted by Gasteiger charge is 2.23. The molecule has 0 aliphatic carbocycles. The lowest BCUT2D eigenvalue weighted by atomic mass is 9.91. The number of ketones is 1. The number of thiophene rings is 1. The number of carbonyl (C=O) groups is 2. The maximum atomic E-state index is 13.1. The van der Waals surface area contributed by atoms with Gasteiger partial charge in [-0.05, 0) is 43.9 Å². The third-order valence-corrected chi connectivity index (χ3v) is 7.40. The first-order valence-electron chi connectivity index (χ1n) is 10.4. The summed E-state index contributed by atoms with van der Waals surface area (Å²) in [7, 11) is 0. The van der Waals surface area contributed by atoms with E-state index in [-0.39, 0.29) is 23.8 Å². The van der Waals surface area contributed by atoms with E-state index >= 15 is 0 Å². The van der Waals surface area contributed by atoms with Crippen LogP contribution in [-0.2, 0) is 16.1 Å². The number of nitrogens with zero attached hydrogens (tertiary/aromatic N) is 2. The predicted octanol–water partition coefficient (Wildman–Crippen LogP) is 2.76. The van der Waals surface area contributed by atoms with Crippen molar-refractivity contribution in [2.45, 2.75) is 54.0 Å². The summed E-state index contributed by atoms with van der Waals surface area (Å²) in [5.74, 6) is 0.509. The van der Waals surface area contributed by atoms with Gasteiger partial charge in [-0.15, -0.1) is 22.7 Å². The number of likely N-dealkylation sites (tertiary alicyclic amines) is 1. The van der Waals surface area contributed by atoms with Crippen molar-refractivity contribution in [3.63, 3.8) is 0 Å². The largest absolute Gasteiger partial charge is 0.341 e. The molecule has 0 radical (unpaired) electrons. The number of amides is 1. The first-order valence-corrected chi connectivity index (χ1v) is 12.0. The van der Waals surface area contributed by atoms with E-state index in [4.69, 9.17) is 0 Å². The number of piperidine rings is 1. The van der Waals surface area contributed by atoms with Crippen LogP contribution in [0.5, 0.6) is 0 Å². The second kappa shape index (κ2) is 9.02. The third-order valence-electron chi connectivity index (χ3n) is 5.39. The highest BCUT2D eigenvalue weighted by molar-refractivity contribution is 7.13. The summed E-state index contributed by atoms with van der Waals surface area (Å²) in [6, 6.07) is 3.99. The van der Waals surface area contributed by atoms with Gasteiger partial charge in [-0.1, -0.05) is 27.7 Å². The maximum Gasteiger partial charge on any atom is 0.269 e. The molecule has 0 unspecified atom stereocenters. The Morgan fingerprint density at radius 3 is 2.40 bits per heavy atom. The number of Topliss-reactive ketones (excluding diaryl/α,β-unsaturated/α-hetero) is 1. The minimum Gasteiger partial charge on any atom is -0.341 e. The molecule has 3 rings (SSSR count). The topological polar surface area (TPSA) is 59.4 Å². The molecular weight excluding hydrogens is 416 g/mol. The first kappa shape index (κ1) is 22.7. The van der Waals surface area contributed by atoms with E-state index in [9.17, 15) is 14.4 Å². The standard InChI is InChI=1S/C23H30N2O3S2/c1-15-8-10-24(11-9-15)20(27)14-25-21(13-19(26)23(3,4)5)30-18(22(25)28)12-17-7-6-16(2)29-17/h6-7,12-13,15H,8-11,14H2,1-5H3/b18-12-,21-13-. The minimum atomic E-state index is -0.549. The Balaban J connectivity index is 2.02. The molecule has 2 aromatic rings. The molecule has 1 aliphatic heterocycles. The van der Waals surface area contributed by atoms with Crippen LogP contribution in [0.1, 0.15) is 50.3 Å². The van der Waals surface area contributed by atoms with Crippen molar-refractivity contribution in [1.82, 2.24) is 9.47 Å². The van der Waals surface area contributed by atoms with E-state index in [1.165, 1.54) is 26.9 Å². The first-order chi connectivity index (χ1) is 14.0. The van der Waals surface area contributed by atoms with E-state index in [1.807, 2.05) is 50.8 Å². The Labute approximate surface area is 185 Å². The van der Waals surface area contributed by atoms with Crippen LogP contribution < -0.4 is 14.8 Å². The van der Waals surface area contributed by atoms with Gasteiger partial charge < -0.3 is 4.90 Å². The van der Waals surface area contributed by atoms with Gasteiger partial charge in [0.05, 0.1) is 4.53 Å². The van der Waals surface area contributed by atoms with Crippen LogP contribution >= 0.6 is 22.7 Å². The molecule has 0 atom stereocenters. The van der Waals surface area contributed by atoms with Crippen LogP contribution in [0.3, 0.4) is 0 Å². The molecule has 7 heteroatoms. The van der Waals surface area contributed by atoms with Crippen molar-refractivity contribution in [1.29, 1.82) is 0 Å². The summed E-state index contributed by atoms with van der Waals surface area (Å²) < 4.78 is 2.56. The highest BCUT2D eigenvalue weighted by Crippen LogP contribution is 2.17. The number of carbonyl (C=O) groups excluding carboxylic acids is 2. The van der Waals surface area contributed by atoms with Crippen molar-refractivity contribution in [3.05, 3.63) is 41.4 Å². The summed E-state index contributed by atoms with van der Waals surface area (Å²) in [6.07, 6.45) is 5.35. The van der Waals surface area contributed by atoms with Crippen LogP contribution in [-0.4, -0.2) is 34.2 Å². The van der Waals surface area contributed by atoms with Crippen LogP contribution in [0, 0.1) is 18.3 Å². The molecule has 0 aromatic carbocycles. The lowest BCUT2D eigenvalue weighted by Crippen LogP contribution is -2.43. The van der Waals surface area contributed by atoms with Gasteiger partial charge >= 0.3 is 0 Å². The molecule has 3 heterocycles. The molecule has 2 aromatic heterocycles. The lowest BCUT2D eigenvalue weighted by molar-refractivity contribution is -0.133. The second-order valence-electron chi connectivity index (χ2n) is 9.11. The van der Waals surface area contributed by atoms with Gasteiger partial charge in [0.2, 0.25) is 5.91 Å². The Morgan fingerprint density at radius 1 is 1.17 bits per heavy atom. The number of rotatable bonds is 4. The van der Waals surface area contributed by atoms with Gasteiger partial charge in [-0.25, -0.2) is 0 Å². The number of aromatic nitrogens is 1. The molecule has 1 fully saturated rings. The molecule has 1 aliphatic rings. The summed E-state index contributed by atoms with van der Waals surface area (Å²) in [5, 5.41) is 0. The molecule has 1 amide bonds. The smallest absolute Gasteiger partial charge is 0.269 e. The van der Waals surface area contributed by atoms with Crippen LogP contribution in [0.15, 0.2) is 16.9 Å². The molecule has 1 saturated heterocycles. The van der Waals surface area contributed by atoms with Crippen LogP contribution in [0.4, 0.5) is 0 Å². The molecule has 30 heavy (non-hydrogen) atoms. The SMILES string of the molecule is Cc1ccc(/C=c2\s/c(=C\C(=O)C(C)(C)C)n(CC(=O)N3CCC(C)CC3)c2=O)s1. The number of aryl methyl sites for hydroxylation is 1. The van der Waals surface area contributed by atoms with E-state index in [2.05, 4.69) is 6.92 Å². The zero-order valence-corrected chi connectivity index (χ0v) is 20.0. The van der Waals surface area contributed by atoms with Crippen molar-refractivity contribution in [3.8, 4) is 0 Å². The average Bonchev–Trinajstić information content (AvgIpc) is 3.20. The van der Waals surface area contributed by atoms with Crippen molar-refractivity contribution < 1.29 is 9.59 Å². The summed E-state index contributed by atoms with van der Waals surface area (Å²) >= 11 is 2.89. The summed E-state index contributed by atoms with van der Waals surface area (Å²) in [4.78, 5) is 42.7. The normalized spacial score (nSPS) is 17.0. The Hall–Kier alpha value is -1.99. The number of thiazole rings is 1. The Kier molecular flexibility index (Phi) is 6.82. The van der Waals surface area contributed by atoms with E-state index in [0.717, 1.165) is 30.8 Å². The fourth-order valence-electron chi connectivity index (χ4n) is 3.27. The zero-order chi connectivity index (χ0) is 22.1. The molecule has 0 spiro atoms. The number of hydrogen-bond acceptors (Lipinski definition) is 5. The summed E-state index contributed by atoms with van der Waals surface area (Å²) in [6.45, 7) is 11.2. The monoisotopic (exact) mass is 446 g/mol. The quantitative estimate of drug-likeness (QED) is 0.726. The molecule has 5 nitrogen and oxygen atoms in total. The van der Waals surface area contributed by atoms with Crippen molar-refractivity contribution >= 4 is 46.5 Å². The van der Waals surface area contributed by atoms with Gasteiger partial charge in [0.1, 0.15) is 11.2 Å². The second-order valence-corrected chi connectivity index (χ2v) is 11.5. The van der Waals surface area contributed by atoms with Crippen LogP contribution in [0.25, 0.3) is 12.2 Å². The molecule has 0 N–H and O–H groups in total. The van der Waals surface area contributed by atoms with Gasteiger partial charge in [0.15, 0.2) is 5.78 Å². The van der Waals surface area contributed by atoms with Crippen LogP contribution in [0.2, 0.25) is 0 Å². The van der Waals surface area contributed by atoms with E-state index in [1.54, 1.807) is 11.3 Å². The fraction of sp³-hybridized carbons (Fsp3) is 0.522. The predicted molar refractivity (Wildman–Crippen MR) is 124 cm³/mol. The molecular formula is C23H30N2O3S2. The molecule has 0 bridgehead atoms. The molecule has 162 valence electrons. The van der Waals surface area contributed by atoms with Gasteiger partial charge in [0, 0.05) is 34.3 Å². The van der Waals surface area contributed by atoms with Gasteiger partial charge in [0.25, 0.3) is 5.56 Å². The minimum absolute atomic E-state index is 0.0235. The lowest BCUT2D eigenvalue weighted by Gasteiger charge is -2.30. The van der Waals surface area contributed by atoms with E-state index < -0.39 is 5.41 Å². The van der Waals surface area contributed by atoms with Crippen molar-refractivity contribution in [2.75, 3.05) is 13.1 Å². The Morgan fingerprint density at radius 2 is 1.83 bits per heavy atom. The fourth-order valence-corrected chi connectivity index (χ4v) is 5.20. The third kappa shape index (κ3) is 5.38. The average molecular weight is 447 g/mol. The van der Waals surface area contributed by atoms with Crippen molar-refractivity contribution in [2.24, 2.45) is 11.3 Å². The van der Waals surface area contributed by atoms with Gasteiger partial charge in [-0.3, -0.25) is 19.0 Å². The van der Waals surface area contributed by atoms with E-state index in [0.29, 0.717) is 15.1 Å². The molecule has 0 saturated carbocycles. The number of hydrogen-bond donors (Lipinski definition) is 0. The maximum absolute atomic E-state index is 13.1. The highest BCUT2D eigenvalue weighted by atomic mass is 32.1. The van der Waals surface area contributed by atoms with Gasteiger partial charge in [-0.2, -0.15) is 0 Å². The Bertz CT molecular complexity index is 1110. The summed E-state index contributed by atoms with van der Waals surface area (Å²) in [5.41, 5.74) is -0.759.